The summed E-state index contributed by atoms with van der Waals surface area (Å²) in [5.74, 6) is 0.146. The highest BCUT2D eigenvalue weighted by atomic mass is 32.2. The van der Waals surface area contributed by atoms with Crippen LogP contribution in [0.1, 0.15) is 48.4 Å². The van der Waals surface area contributed by atoms with Crippen molar-refractivity contribution in [3.05, 3.63) is 47.3 Å². The van der Waals surface area contributed by atoms with E-state index in [1.54, 1.807) is 12.1 Å². The number of carbonyl (C=O) groups is 2. The molecule has 3 rings (SSSR count). The summed E-state index contributed by atoms with van der Waals surface area (Å²) < 4.78 is 24.9. The van der Waals surface area contributed by atoms with Crippen LogP contribution in [0, 0.1) is 19.8 Å². The van der Waals surface area contributed by atoms with Crippen LogP contribution in [-0.4, -0.2) is 55.3 Å². The molecule has 9 heteroatoms. The minimum Gasteiger partial charge on any atom is -0.354 e. The van der Waals surface area contributed by atoms with E-state index in [2.05, 4.69) is 10.2 Å². The van der Waals surface area contributed by atoms with Crippen molar-refractivity contribution in [3.8, 4) is 5.69 Å². The number of nitrogens with one attached hydrogen (secondary N) is 1. The fourth-order valence-corrected chi connectivity index (χ4v) is 4.79. The highest BCUT2D eigenvalue weighted by Crippen LogP contribution is 2.24. The summed E-state index contributed by atoms with van der Waals surface area (Å²) in [6, 6.07) is 8.29. The molecule has 2 aromatic rings. The number of primary sulfonamides is 1. The maximum atomic E-state index is 13.0. The van der Waals surface area contributed by atoms with Gasteiger partial charge in [0, 0.05) is 34.6 Å². The molecular formula is C23H32N4O4S. The van der Waals surface area contributed by atoms with Crippen molar-refractivity contribution in [1.29, 1.82) is 0 Å². The van der Waals surface area contributed by atoms with E-state index in [4.69, 9.17) is 5.14 Å². The zero-order valence-electron chi connectivity index (χ0n) is 19.1. The van der Waals surface area contributed by atoms with Crippen LogP contribution in [0.2, 0.25) is 0 Å². The van der Waals surface area contributed by atoms with E-state index in [9.17, 15) is 18.0 Å². The fourth-order valence-electron chi connectivity index (χ4n) is 4.27. The number of likely N-dealkylation sites (tertiary alicyclic amines) is 1. The SMILES string of the molecule is Cc1cc(C(=O)CN2CCC(C(=O)NC(C)C)CC2)c(C)n1-c1ccc(S(N)(=O)=O)cc1. The number of Topliss-reactive ketones (excluding diaryl/α,β-unsaturated/α-hetero) is 1. The molecule has 8 nitrogen and oxygen atoms in total. The van der Waals surface area contributed by atoms with Crippen LogP contribution in [0.4, 0.5) is 0 Å². The molecule has 2 heterocycles. The van der Waals surface area contributed by atoms with E-state index in [-0.39, 0.29) is 28.5 Å². The molecule has 0 atom stereocenters. The summed E-state index contributed by atoms with van der Waals surface area (Å²) in [5.41, 5.74) is 3.11. The first-order chi connectivity index (χ1) is 15.0. The third-order valence-corrected chi connectivity index (χ3v) is 6.84. The molecule has 0 spiro atoms. The molecule has 0 radical (unpaired) electrons. The first-order valence-corrected chi connectivity index (χ1v) is 12.4. The number of rotatable bonds is 7. The van der Waals surface area contributed by atoms with Gasteiger partial charge >= 0.3 is 0 Å². The lowest BCUT2D eigenvalue weighted by molar-refractivity contribution is -0.126. The fraction of sp³-hybridized carbons (Fsp3) is 0.478. The number of hydrogen-bond donors (Lipinski definition) is 2. The average molecular weight is 461 g/mol. The second-order valence-electron chi connectivity index (χ2n) is 8.80. The Balaban J connectivity index is 1.68. The second kappa shape index (κ2) is 9.56. The summed E-state index contributed by atoms with van der Waals surface area (Å²) in [5, 5.41) is 8.15. The first-order valence-electron chi connectivity index (χ1n) is 10.9. The quantitative estimate of drug-likeness (QED) is 0.615. The lowest BCUT2D eigenvalue weighted by Gasteiger charge is -2.31. The molecule has 0 aliphatic carbocycles. The van der Waals surface area contributed by atoms with Crippen molar-refractivity contribution in [1.82, 2.24) is 14.8 Å². The van der Waals surface area contributed by atoms with Gasteiger partial charge in [0.1, 0.15) is 0 Å². The molecule has 1 saturated heterocycles. The molecule has 0 saturated carbocycles. The molecule has 0 bridgehead atoms. The number of aromatic nitrogens is 1. The number of nitrogens with two attached hydrogens (primary N) is 1. The summed E-state index contributed by atoms with van der Waals surface area (Å²) in [4.78, 5) is 27.4. The molecule has 1 aromatic heterocycles. The monoisotopic (exact) mass is 460 g/mol. The van der Waals surface area contributed by atoms with Crippen LogP contribution in [0.3, 0.4) is 0 Å². The minimum atomic E-state index is -3.76. The third-order valence-electron chi connectivity index (χ3n) is 5.91. The van der Waals surface area contributed by atoms with Gasteiger partial charge in [-0.1, -0.05) is 0 Å². The molecule has 1 aromatic carbocycles. The maximum Gasteiger partial charge on any atom is 0.238 e. The van der Waals surface area contributed by atoms with Crippen LogP contribution >= 0.6 is 0 Å². The van der Waals surface area contributed by atoms with Gasteiger partial charge in [0.2, 0.25) is 15.9 Å². The predicted octanol–water partition coefficient (Wildman–Crippen LogP) is 2.16. The van der Waals surface area contributed by atoms with Crippen LogP contribution in [0.25, 0.3) is 5.69 Å². The number of amides is 1. The normalized spacial score (nSPS) is 15.8. The van der Waals surface area contributed by atoms with Gasteiger partial charge in [0.15, 0.2) is 5.78 Å². The second-order valence-corrected chi connectivity index (χ2v) is 10.4. The third kappa shape index (κ3) is 5.46. The van der Waals surface area contributed by atoms with E-state index >= 15 is 0 Å². The molecule has 1 aliphatic heterocycles. The molecule has 1 amide bonds. The molecular weight excluding hydrogens is 428 g/mol. The van der Waals surface area contributed by atoms with Gasteiger partial charge in [0.05, 0.1) is 11.4 Å². The molecule has 1 aliphatic rings. The Morgan fingerprint density at radius 1 is 1.12 bits per heavy atom. The number of hydrogen-bond acceptors (Lipinski definition) is 5. The van der Waals surface area contributed by atoms with Crippen molar-refractivity contribution in [2.24, 2.45) is 11.1 Å². The topological polar surface area (TPSA) is 114 Å². The van der Waals surface area contributed by atoms with Crippen molar-refractivity contribution >= 4 is 21.7 Å². The number of sulfonamides is 1. The van der Waals surface area contributed by atoms with E-state index in [0.29, 0.717) is 12.1 Å². The zero-order valence-corrected chi connectivity index (χ0v) is 19.9. The van der Waals surface area contributed by atoms with E-state index in [1.165, 1.54) is 12.1 Å². The summed E-state index contributed by atoms with van der Waals surface area (Å²) >= 11 is 0. The Morgan fingerprint density at radius 3 is 2.25 bits per heavy atom. The van der Waals surface area contributed by atoms with Gasteiger partial charge in [-0.2, -0.15) is 0 Å². The lowest BCUT2D eigenvalue weighted by Crippen LogP contribution is -2.43. The Hall–Kier alpha value is -2.49. The zero-order chi connectivity index (χ0) is 23.6. The van der Waals surface area contributed by atoms with Crippen LogP contribution in [0.5, 0.6) is 0 Å². The first kappa shape index (κ1) is 24.2. The molecule has 32 heavy (non-hydrogen) atoms. The van der Waals surface area contributed by atoms with Crippen molar-refractivity contribution in [2.45, 2.75) is 51.5 Å². The Kier molecular flexibility index (Phi) is 7.22. The number of carbonyl (C=O) groups excluding carboxylic acids is 2. The number of ketones is 1. The Labute approximate surface area is 189 Å². The lowest BCUT2D eigenvalue weighted by atomic mass is 9.95. The number of piperidine rings is 1. The van der Waals surface area contributed by atoms with Crippen LogP contribution < -0.4 is 10.5 Å². The summed E-state index contributed by atoms with van der Waals surface area (Å²) in [6.07, 6.45) is 1.50. The highest BCUT2D eigenvalue weighted by Gasteiger charge is 2.27. The van der Waals surface area contributed by atoms with Crippen molar-refractivity contribution in [2.75, 3.05) is 19.6 Å². The average Bonchev–Trinajstić information content (AvgIpc) is 3.01. The van der Waals surface area contributed by atoms with Gasteiger partial charge in [-0.05, 0) is 84.0 Å². The Bertz CT molecular complexity index is 1100. The number of benzene rings is 1. The van der Waals surface area contributed by atoms with Gasteiger partial charge in [-0.3, -0.25) is 14.5 Å². The molecule has 3 N–H and O–H groups in total. The minimum absolute atomic E-state index is 0.00845. The maximum absolute atomic E-state index is 13.0. The van der Waals surface area contributed by atoms with E-state index < -0.39 is 10.0 Å². The van der Waals surface area contributed by atoms with Crippen LogP contribution in [0.15, 0.2) is 35.2 Å². The Morgan fingerprint density at radius 2 is 1.72 bits per heavy atom. The molecule has 0 unspecified atom stereocenters. The van der Waals surface area contributed by atoms with Gasteiger partial charge < -0.3 is 9.88 Å². The highest BCUT2D eigenvalue weighted by molar-refractivity contribution is 7.89. The standard InChI is InChI=1S/C23H32N4O4S/c1-15(2)25-23(29)18-9-11-26(12-10-18)14-22(28)21-13-16(3)27(17(21)4)19-5-7-20(8-6-19)32(24,30)31/h5-8,13,15,18H,9-12,14H2,1-4H3,(H,25,29)(H2,24,30,31). The predicted molar refractivity (Wildman–Crippen MR) is 123 cm³/mol. The van der Waals surface area contributed by atoms with Gasteiger partial charge in [-0.15, -0.1) is 0 Å². The van der Waals surface area contributed by atoms with Crippen LogP contribution in [-0.2, 0) is 14.8 Å². The van der Waals surface area contributed by atoms with Gasteiger partial charge in [-0.25, -0.2) is 13.6 Å². The smallest absolute Gasteiger partial charge is 0.238 e. The number of aryl methyl sites for hydroxylation is 1. The largest absolute Gasteiger partial charge is 0.354 e. The molecule has 1 fully saturated rings. The summed E-state index contributed by atoms with van der Waals surface area (Å²) in [7, 11) is -3.76. The summed E-state index contributed by atoms with van der Waals surface area (Å²) in [6.45, 7) is 9.46. The van der Waals surface area contributed by atoms with Crippen molar-refractivity contribution in [3.63, 3.8) is 0 Å². The van der Waals surface area contributed by atoms with Crippen molar-refractivity contribution < 1.29 is 18.0 Å². The van der Waals surface area contributed by atoms with E-state index in [1.807, 2.05) is 38.3 Å². The van der Waals surface area contributed by atoms with E-state index in [0.717, 1.165) is 43.0 Å². The number of nitrogens with zero attached hydrogens (tertiary/aromatic N) is 2. The molecule has 174 valence electrons. The van der Waals surface area contributed by atoms with Gasteiger partial charge in [0.25, 0.3) is 0 Å².